The summed E-state index contributed by atoms with van der Waals surface area (Å²) < 4.78 is 27.5. The Labute approximate surface area is 177 Å². The summed E-state index contributed by atoms with van der Waals surface area (Å²) in [6.07, 6.45) is -0.812. The molecule has 1 aromatic heterocycles. The van der Waals surface area contributed by atoms with Crippen LogP contribution in [0.3, 0.4) is 0 Å². The monoisotopic (exact) mass is 445 g/mol. The van der Waals surface area contributed by atoms with E-state index in [0.717, 1.165) is 5.56 Å². The van der Waals surface area contributed by atoms with Crippen molar-refractivity contribution in [3.8, 4) is 0 Å². The first-order valence-electron chi connectivity index (χ1n) is 9.08. The second-order valence-corrected chi connectivity index (χ2v) is 8.45. The molecule has 2 heterocycles. The van der Waals surface area contributed by atoms with Crippen LogP contribution in [0.1, 0.15) is 18.9 Å². The van der Waals surface area contributed by atoms with Gasteiger partial charge in [0.25, 0.3) is 22.7 Å². The number of nitrogens with two attached hydrogens (primary N) is 2. The van der Waals surface area contributed by atoms with Gasteiger partial charge in [-0.3, -0.25) is 9.91 Å². The molecule has 2 aromatic rings. The van der Waals surface area contributed by atoms with E-state index in [-0.39, 0.29) is 31.0 Å². The van der Waals surface area contributed by atoms with Crippen molar-refractivity contribution < 1.29 is 18.9 Å². The Bertz CT molecular complexity index is 872. The highest BCUT2D eigenvalue weighted by atomic mass is 35.5. The lowest BCUT2D eigenvalue weighted by Gasteiger charge is -2.21. The highest BCUT2D eigenvalue weighted by molar-refractivity contribution is 7.99. The maximum Gasteiger partial charge on any atom is 0.298 e. The molecule has 1 aromatic carbocycles. The molecule has 1 fully saturated rings. The average Bonchev–Trinajstić information content (AvgIpc) is 3.02. The number of aliphatic hydroxyl groups excluding tert-OH is 1. The maximum atomic E-state index is 13.8. The number of nitrogen functional groups attached to an aromatic ring is 1. The molecule has 0 saturated carbocycles. The Balaban J connectivity index is 1.94. The number of hydrogen-bond donors (Lipinski definition) is 3. The van der Waals surface area contributed by atoms with Crippen molar-refractivity contribution in [3.05, 3.63) is 34.9 Å². The number of nitrogens with zero attached hydrogens (tertiary/aromatic N) is 3. The molecule has 6 N–H and O–H groups in total. The fourth-order valence-electron chi connectivity index (χ4n) is 3.01. The quantitative estimate of drug-likeness (QED) is 0.260. The standard InChI is InChI=1S/C18H23ClF2N6OS/c1-11(28)9-29-17-24-15(26-7-6-18(20,21)10-26)14(22)16(25-17)27(23)8-12-4-2-3-5-13(12)19/h2-5,11,28H,6-10,22-23H2,1H3/p+1. The Kier molecular flexibility index (Phi) is 6.67. The van der Waals surface area contributed by atoms with Crippen LogP contribution in [0.2, 0.25) is 5.02 Å². The van der Waals surface area contributed by atoms with Crippen molar-refractivity contribution in [2.24, 2.45) is 5.84 Å². The zero-order valence-corrected chi connectivity index (χ0v) is 17.5. The van der Waals surface area contributed by atoms with Gasteiger partial charge >= 0.3 is 0 Å². The second-order valence-electron chi connectivity index (χ2n) is 7.03. The van der Waals surface area contributed by atoms with E-state index in [0.29, 0.717) is 21.7 Å². The number of rotatable bonds is 7. The van der Waals surface area contributed by atoms with E-state index in [4.69, 9.17) is 23.2 Å². The summed E-state index contributed by atoms with van der Waals surface area (Å²) in [5.74, 6) is 4.42. The molecule has 1 unspecified atom stereocenters. The molecular formula is C18H24ClF2N6OS+. The topological polar surface area (TPSA) is 106 Å². The van der Waals surface area contributed by atoms with Crippen LogP contribution in [0.15, 0.2) is 29.4 Å². The lowest BCUT2D eigenvalue weighted by molar-refractivity contribution is -0.419. The van der Waals surface area contributed by atoms with Crippen LogP contribution >= 0.6 is 23.4 Å². The number of aromatic nitrogens is 2. The summed E-state index contributed by atoms with van der Waals surface area (Å²) >= 11 is 7.47. The number of aromatic amines is 1. The van der Waals surface area contributed by atoms with E-state index in [1.807, 2.05) is 18.2 Å². The Morgan fingerprint density at radius 3 is 2.79 bits per heavy atom. The summed E-state index contributed by atoms with van der Waals surface area (Å²) in [5.41, 5.74) is 7.23. The zero-order chi connectivity index (χ0) is 21.2. The molecule has 29 heavy (non-hydrogen) atoms. The van der Waals surface area contributed by atoms with Gasteiger partial charge in [0.15, 0.2) is 5.69 Å². The summed E-state index contributed by atoms with van der Waals surface area (Å²) in [4.78, 5) is 8.97. The molecule has 11 heteroatoms. The predicted octanol–water partition coefficient (Wildman–Crippen LogP) is 2.33. The number of nitrogens with one attached hydrogen (secondary N) is 1. The van der Waals surface area contributed by atoms with Crippen molar-refractivity contribution in [2.75, 3.05) is 34.5 Å². The Morgan fingerprint density at radius 2 is 2.17 bits per heavy atom. The second kappa shape index (κ2) is 8.86. The molecule has 158 valence electrons. The lowest BCUT2D eigenvalue weighted by atomic mass is 10.2. The van der Waals surface area contributed by atoms with E-state index in [1.165, 1.54) is 21.7 Å². The van der Waals surface area contributed by atoms with Gasteiger partial charge < -0.3 is 10.8 Å². The molecule has 1 aliphatic rings. The number of thioether (sulfide) groups is 1. The van der Waals surface area contributed by atoms with Gasteiger partial charge in [0, 0.05) is 17.2 Å². The number of hydrazine groups is 1. The van der Waals surface area contributed by atoms with Crippen molar-refractivity contribution in [1.29, 1.82) is 0 Å². The van der Waals surface area contributed by atoms with Crippen LogP contribution in [0, 0.1) is 0 Å². The SMILES string of the molecule is CC(O)CSc1nc(N(N)Cc2ccccc2Cl)c(N)c(N2CCC(F)(F)C2)[nH+]1. The summed E-state index contributed by atoms with van der Waals surface area (Å²) in [6, 6.07) is 7.24. The fourth-order valence-corrected chi connectivity index (χ4v) is 3.92. The first-order chi connectivity index (χ1) is 13.7. The summed E-state index contributed by atoms with van der Waals surface area (Å²) in [7, 11) is 0. The zero-order valence-electron chi connectivity index (χ0n) is 15.9. The van der Waals surface area contributed by atoms with Crippen LogP contribution in [0.25, 0.3) is 0 Å². The maximum absolute atomic E-state index is 13.8. The first-order valence-corrected chi connectivity index (χ1v) is 10.4. The smallest absolute Gasteiger partial charge is 0.298 e. The van der Waals surface area contributed by atoms with Gasteiger partial charge in [-0.2, -0.15) is 0 Å². The number of anilines is 3. The summed E-state index contributed by atoms with van der Waals surface area (Å²) in [5, 5.41) is 11.9. The average molecular weight is 446 g/mol. The van der Waals surface area contributed by atoms with Gasteiger partial charge in [-0.25, -0.2) is 19.6 Å². The van der Waals surface area contributed by atoms with E-state index in [2.05, 4.69) is 9.97 Å². The van der Waals surface area contributed by atoms with Crippen molar-refractivity contribution in [1.82, 2.24) is 4.98 Å². The molecular weight excluding hydrogens is 422 g/mol. The molecule has 1 saturated heterocycles. The first kappa shape index (κ1) is 21.8. The van der Waals surface area contributed by atoms with Gasteiger partial charge in [-0.05, 0) is 30.3 Å². The molecule has 7 nitrogen and oxygen atoms in total. The van der Waals surface area contributed by atoms with Crippen molar-refractivity contribution >= 4 is 40.7 Å². The highest BCUT2D eigenvalue weighted by Crippen LogP contribution is 2.35. The normalized spacial score (nSPS) is 16.8. The molecule has 1 aliphatic heterocycles. The minimum atomic E-state index is -2.78. The molecule has 0 spiro atoms. The molecule has 0 bridgehead atoms. The largest absolute Gasteiger partial charge is 0.393 e. The lowest BCUT2D eigenvalue weighted by Crippen LogP contribution is -2.36. The number of hydrogen-bond acceptors (Lipinski definition) is 7. The van der Waals surface area contributed by atoms with Crippen molar-refractivity contribution in [3.63, 3.8) is 0 Å². The number of benzene rings is 1. The third-order valence-electron chi connectivity index (χ3n) is 4.45. The third-order valence-corrected chi connectivity index (χ3v) is 5.93. The number of halogens is 3. The Hall–Kier alpha value is -1.88. The minimum absolute atomic E-state index is 0.159. The number of H-pyrrole nitrogens is 1. The number of alkyl halides is 2. The van der Waals surface area contributed by atoms with Crippen LogP contribution in [-0.2, 0) is 6.54 Å². The minimum Gasteiger partial charge on any atom is -0.393 e. The Morgan fingerprint density at radius 1 is 1.45 bits per heavy atom. The van der Waals surface area contributed by atoms with Crippen LogP contribution in [-0.4, -0.2) is 41.0 Å². The van der Waals surface area contributed by atoms with Gasteiger partial charge in [-0.1, -0.05) is 34.8 Å². The van der Waals surface area contributed by atoms with Gasteiger partial charge in [0.2, 0.25) is 0 Å². The summed E-state index contributed by atoms with van der Waals surface area (Å²) in [6.45, 7) is 1.61. The van der Waals surface area contributed by atoms with E-state index in [9.17, 15) is 13.9 Å². The third kappa shape index (κ3) is 5.39. The van der Waals surface area contributed by atoms with E-state index in [1.54, 1.807) is 13.0 Å². The molecule has 0 amide bonds. The van der Waals surface area contributed by atoms with Gasteiger partial charge in [0.1, 0.15) is 6.54 Å². The van der Waals surface area contributed by atoms with E-state index < -0.39 is 18.6 Å². The van der Waals surface area contributed by atoms with Crippen LogP contribution in [0.5, 0.6) is 0 Å². The van der Waals surface area contributed by atoms with E-state index >= 15 is 0 Å². The fraction of sp³-hybridized carbons (Fsp3) is 0.444. The van der Waals surface area contributed by atoms with Crippen LogP contribution in [0.4, 0.5) is 26.1 Å². The van der Waals surface area contributed by atoms with Gasteiger partial charge in [-0.15, -0.1) is 0 Å². The van der Waals surface area contributed by atoms with Crippen LogP contribution < -0.4 is 26.5 Å². The molecule has 0 aliphatic carbocycles. The number of aliphatic hydroxyl groups is 1. The van der Waals surface area contributed by atoms with Crippen molar-refractivity contribution in [2.45, 2.75) is 37.1 Å². The molecule has 0 radical (unpaired) electrons. The highest BCUT2D eigenvalue weighted by Gasteiger charge is 2.43. The predicted molar refractivity (Wildman–Crippen MR) is 111 cm³/mol. The molecule has 1 atom stereocenters. The molecule has 3 rings (SSSR count). The van der Waals surface area contributed by atoms with Gasteiger partial charge in [0.05, 0.1) is 19.2 Å².